The maximum atomic E-state index is 9.92. The van der Waals surface area contributed by atoms with Crippen molar-refractivity contribution in [3.8, 4) is 0 Å². The van der Waals surface area contributed by atoms with E-state index >= 15 is 0 Å². The van der Waals surface area contributed by atoms with Crippen molar-refractivity contribution in [3.05, 3.63) is 12.3 Å². The summed E-state index contributed by atoms with van der Waals surface area (Å²) in [7, 11) is 0. The number of hydrogen-bond acceptors (Lipinski definition) is 2. The van der Waals surface area contributed by atoms with Crippen LogP contribution in [-0.4, -0.2) is 29.6 Å². The molecule has 1 heterocycles. The Morgan fingerprint density at radius 2 is 2.71 bits per heavy atom. The zero-order chi connectivity index (χ0) is 5.11. The van der Waals surface area contributed by atoms with E-state index in [4.69, 9.17) is 2.85 Å². The molecule has 0 amide bonds. The van der Waals surface area contributed by atoms with Crippen molar-refractivity contribution in [2.45, 2.75) is 3.67 Å². The van der Waals surface area contributed by atoms with Crippen LogP contribution in [0.3, 0.4) is 0 Å². The molecule has 0 fully saturated rings. The second-order valence-electron chi connectivity index (χ2n) is 1.31. The van der Waals surface area contributed by atoms with Crippen LogP contribution in [0.25, 0.3) is 0 Å². The molecule has 0 saturated carbocycles. The summed E-state index contributed by atoms with van der Waals surface area (Å²) in [6.45, 7) is 0. The predicted octanol–water partition coefficient (Wildman–Crippen LogP) is 0.137. The molecule has 0 bridgehead atoms. The van der Waals surface area contributed by atoms with Gasteiger partial charge in [0.15, 0.2) is 0 Å². The van der Waals surface area contributed by atoms with Crippen molar-refractivity contribution < 1.29 is 7.65 Å². The van der Waals surface area contributed by atoms with Crippen molar-refractivity contribution >= 4 is 29.6 Å². The Morgan fingerprint density at radius 1 is 1.86 bits per heavy atom. The predicted molar refractivity (Wildman–Crippen MR) is 25.8 cm³/mol. The van der Waals surface area contributed by atoms with E-state index in [2.05, 4.69) is 0 Å². The van der Waals surface area contributed by atoms with Crippen molar-refractivity contribution in [2.75, 3.05) is 0 Å². The zero-order valence-electron chi connectivity index (χ0n) is 3.70. The van der Waals surface area contributed by atoms with Gasteiger partial charge in [-0.05, 0) is 0 Å². The van der Waals surface area contributed by atoms with E-state index in [9.17, 15) is 4.79 Å². The summed E-state index contributed by atoms with van der Waals surface area (Å²) >= 11 is -0.910. The summed E-state index contributed by atoms with van der Waals surface area (Å²) in [6, 6.07) is 0. The molecule has 0 aromatic carbocycles. The second-order valence-corrected chi connectivity index (χ2v) is 5.06. The van der Waals surface area contributed by atoms with Crippen molar-refractivity contribution in [2.24, 2.45) is 0 Å². The quantitative estimate of drug-likeness (QED) is 0.561. The molecule has 35 valence electrons. The van der Waals surface area contributed by atoms with Crippen LogP contribution in [0.1, 0.15) is 0 Å². The van der Waals surface area contributed by atoms with Gasteiger partial charge in [0.2, 0.25) is 0 Å². The van der Waals surface area contributed by atoms with Gasteiger partial charge in [-0.25, -0.2) is 0 Å². The number of carbonyl (C=O) groups is 1. The number of allylic oxidation sites excluding steroid dienone is 1. The van der Waals surface area contributed by atoms with Gasteiger partial charge in [0, 0.05) is 0 Å². The third kappa shape index (κ3) is 1.23. The third-order valence-corrected chi connectivity index (χ3v) is 3.65. The van der Waals surface area contributed by atoms with E-state index in [1.54, 1.807) is 6.26 Å². The van der Waals surface area contributed by atoms with E-state index in [0.717, 1.165) is 6.29 Å². The Bertz CT molecular complexity index is 99.9. The Labute approximate surface area is 53.5 Å². The number of rotatable bonds is 1. The Hall–Kier alpha value is 0.0801. The molecule has 3 heteroatoms. The van der Waals surface area contributed by atoms with Crippen LogP contribution in [0.4, 0.5) is 0 Å². The number of hydrogen-bond donors (Lipinski definition) is 0. The van der Waals surface area contributed by atoms with Gasteiger partial charge in [-0.15, -0.1) is 0 Å². The molecule has 1 unspecified atom stereocenters. The third-order valence-electron chi connectivity index (χ3n) is 0.772. The molecule has 1 atom stereocenters. The average Bonchev–Trinajstić information content (AvgIpc) is 2.14. The first-order valence-corrected chi connectivity index (χ1v) is 5.29. The second kappa shape index (κ2) is 2.40. The molecule has 0 saturated heterocycles. The molecule has 0 aromatic heterocycles. The number of aldehydes is 1. The average molecular weight is 199 g/mol. The molecular weight excluding hydrogens is 195 g/mol. The maximum absolute atomic E-state index is 9.92. The summed E-state index contributed by atoms with van der Waals surface area (Å²) in [4.78, 5) is 9.92. The van der Waals surface area contributed by atoms with Gasteiger partial charge in [0.05, 0.1) is 0 Å². The van der Waals surface area contributed by atoms with E-state index in [1.165, 1.54) is 0 Å². The summed E-state index contributed by atoms with van der Waals surface area (Å²) < 4.78 is 5.13. The zero-order valence-corrected chi connectivity index (χ0v) is 7.00. The summed E-state index contributed by atoms with van der Waals surface area (Å²) in [6.07, 6.45) is 4.43. The van der Waals surface area contributed by atoms with Gasteiger partial charge < -0.3 is 0 Å². The fourth-order valence-corrected chi connectivity index (χ4v) is 2.13. The van der Waals surface area contributed by atoms with Gasteiger partial charge >= 0.3 is 53.3 Å². The first-order valence-electron chi connectivity index (χ1n) is 2.04. The Kier molecular flexibility index (Phi) is 1.79. The monoisotopic (exact) mass is 199 g/mol. The van der Waals surface area contributed by atoms with Crippen LogP contribution in [0, 0.1) is 0 Å². The molecule has 0 aliphatic carbocycles. The Balaban J connectivity index is 2.42. The van der Waals surface area contributed by atoms with Crippen LogP contribution in [0.2, 0.25) is 3.67 Å². The van der Waals surface area contributed by atoms with Gasteiger partial charge in [0.25, 0.3) is 0 Å². The molecular formula is C4H4InO2. The van der Waals surface area contributed by atoms with Crippen molar-refractivity contribution in [1.82, 2.24) is 0 Å². The molecule has 1 aliphatic rings. The fourth-order valence-electron chi connectivity index (χ4n) is 0.395. The minimum absolute atomic E-state index is 0.204. The van der Waals surface area contributed by atoms with Crippen LogP contribution in [0.5, 0.6) is 0 Å². The summed E-state index contributed by atoms with van der Waals surface area (Å²) in [5.74, 6) is 0. The van der Waals surface area contributed by atoms with Crippen molar-refractivity contribution in [1.29, 1.82) is 0 Å². The molecule has 0 aromatic rings. The van der Waals surface area contributed by atoms with E-state index in [1.807, 2.05) is 6.08 Å². The van der Waals surface area contributed by atoms with Gasteiger partial charge in [-0.1, -0.05) is 0 Å². The summed E-state index contributed by atoms with van der Waals surface area (Å²) in [5.41, 5.74) is 0. The van der Waals surface area contributed by atoms with Gasteiger partial charge in [0.1, 0.15) is 0 Å². The minimum atomic E-state index is -0.910. The summed E-state index contributed by atoms with van der Waals surface area (Å²) in [5, 5.41) is 0. The number of carbonyl (C=O) groups excluding carboxylic acids is 1. The molecule has 7 heavy (non-hydrogen) atoms. The van der Waals surface area contributed by atoms with Gasteiger partial charge in [-0.3, -0.25) is 0 Å². The molecule has 2 nitrogen and oxygen atoms in total. The van der Waals surface area contributed by atoms with Crippen LogP contribution >= 0.6 is 0 Å². The van der Waals surface area contributed by atoms with Crippen LogP contribution < -0.4 is 0 Å². The van der Waals surface area contributed by atoms with E-state index in [0.29, 0.717) is 0 Å². The first-order chi connectivity index (χ1) is 3.43. The van der Waals surface area contributed by atoms with Crippen LogP contribution in [-0.2, 0) is 7.65 Å². The van der Waals surface area contributed by atoms with Gasteiger partial charge in [-0.2, -0.15) is 0 Å². The molecule has 1 rings (SSSR count). The first kappa shape index (κ1) is 5.22. The molecule has 1 aliphatic heterocycles. The Morgan fingerprint density at radius 3 is 3.00 bits per heavy atom. The van der Waals surface area contributed by atoms with Crippen molar-refractivity contribution in [3.63, 3.8) is 0 Å². The molecule has 0 N–H and O–H groups in total. The topological polar surface area (TPSA) is 26.3 Å². The fraction of sp³-hybridized carbons (Fsp3) is 0.250. The standard InChI is InChI=1S/C4H5O2.In/c5-3-1-2-4-6;/h1-5H;/q;+1/p-1. The SMILES string of the molecule is O=C[CH]1C=C[O][In]1. The van der Waals surface area contributed by atoms with E-state index < -0.39 is 23.3 Å². The molecule has 0 spiro atoms. The normalized spacial score (nSPS) is 26.0. The molecule has 1 radical (unpaired) electrons. The van der Waals surface area contributed by atoms with Crippen LogP contribution in [0.15, 0.2) is 12.3 Å². The van der Waals surface area contributed by atoms with E-state index in [-0.39, 0.29) is 3.67 Å².